The van der Waals surface area contributed by atoms with Gasteiger partial charge in [-0.1, -0.05) is 38.5 Å². The van der Waals surface area contributed by atoms with Gasteiger partial charge in [0, 0.05) is 6.04 Å². The van der Waals surface area contributed by atoms with Crippen molar-refractivity contribution in [1.82, 2.24) is 5.32 Å². The zero-order valence-electron chi connectivity index (χ0n) is 10.6. The van der Waals surface area contributed by atoms with Crippen LogP contribution in [0, 0.1) is 11.8 Å². The highest BCUT2D eigenvalue weighted by Gasteiger charge is 2.23. The number of rotatable bonds is 5. The fourth-order valence-corrected chi connectivity index (χ4v) is 3.53. The van der Waals surface area contributed by atoms with E-state index in [-0.39, 0.29) is 0 Å². The molecule has 2 saturated carbocycles. The van der Waals surface area contributed by atoms with Crippen molar-refractivity contribution in [1.29, 1.82) is 0 Å². The Kier molecular flexibility index (Phi) is 5.11. The van der Waals surface area contributed by atoms with E-state index in [0.29, 0.717) is 0 Å². The summed E-state index contributed by atoms with van der Waals surface area (Å²) in [7, 11) is 0. The van der Waals surface area contributed by atoms with Gasteiger partial charge in [0.1, 0.15) is 0 Å². The summed E-state index contributed by atoms with van der Waals surface area (Å²) in [6, 6.07) is 0.722. The molecule has 0 aromatic carbocycles. The van der Waals surface area contributed by atoms with Gasteiger partial charge in [-0.05, 0) is 44.2 Å². The third kappa shape index (κ3) is 3.46. The van der Waals surface area contributed by atoms with Crippen molar-refractivity contribution in [2.45, 2.75) is 63.8 Å². The van der Waals surface area contributed by atoms with Crippen molar-refractivity contribution < 1.29 is 0 Å². The zero-order chi connectivity index (χ0) is 11.2. The smallest absolute Gasteiger partial charge is 0.0107 e. The lowest BCUT2D eigenvalue weighted by Gasteiger charge is -2.31. The van der Waals surface area contributed by atoms with Crippen LogP contribution in [0.5, 0.6) is 0 Å². The minimum atomic E-state index is 0.722. The van der Waals surface area contributed by atoms with E-state index in [0.717, 1.165) is 24.4 Å². The Balaban J connectivity index is 1.63. The van der Waals surface area contributed by atoms with E-state index in [1.165, 1.54) is 64.3 Å². The molecule has 2 rings (SSSR count). The van der Waals surface area contributed by atoms with Crippen LogP contribution in [0.25, 0.3) is 0 Å². The van der Waals surface area contributed by atoms with Crippen molar-refractivity contribution in [2.75, 3.05) is 13.1 Å². The molecule has 2 aliphatic carbocycles. The maximum atomic E-state index is 5.85. The molecule has 0 radical (unpaired) electrons. The highest BCUT2D eigenvalue weighted by atomic mass is 14.9. The first-order valence-electron chi connectivity index (χ1n) is 7.33. The molecule has 0 amide bonds. The Morgan fingerprint density at radius 2 is 1.62 bits per heavy atom. The molecule has 2 fully saturated rings. The van der Waals surface area contributed by atoms with E-state index >= 15 is 0 Å². The Morgan fingerprint density at radius 1 is 0.938 bits per heavy atom. The van der Waals surface area contributed by atoms with Gasteiger partial charge in [-0.3, -0.25) is 0 Å². The van der Waals surface area contributed by atoms with Crippen molar-refractivity contribution in [3.05, 3.63) is 0 Å². The first kappa shape index (κ1) is 12.4. The molecule has 2 aliphatic rings. The van der Waals surface area contributed by atoms with Crippen molar-refractivity contribution in [3.63, 3.8) is 0 Å². The second-order valence-electron chi connectivity index (χ2n) is 5.78. The van der Waals surface area contributed by atoms with Gasteiger partial charge in [0.05, 0.1) is 0 Å². The fraction of sp³-hybridized carbons (Fsp3) is 1.00. The number of nitrogens with two attached hydrogens (primary N) is 1. The van der Waals surface area contributed by atoms with E-state index in [2.05, 4.69) is 5.32 Å². The number of hydrogen-bond donors (Lipinski definition) is 2. The van der Waals surface area contributed by atoms with Gasteiger partial charge in [0.2, 0.25) is 0 Å². The Bertz CT molecular complexity index is 187. The summed E-state index contributed by atoms with van der Waals surface area (Å²) in [4.78, 5) is 0. The summed E-state index contributed by atoms with van der Waals surface area (Å²) in [5.41, 5.74) is 5.85. The molecule has 2 unspecified atom stereocenters. The average Bonchev–Trinajstić information content (AvgIpc) is 2.83. The first-order chi connectivity index (χ1) is 7.90. The van der Waals surface area contributed by atoms with Crippen LogP contribution in [0.15, 0.2) is 0 Å². The molecule has 0 aliphatic heterocycles. The van der Waals surface area contributed by atoms with Gasteiger partial charge in [0.15, 0.2) is 0 Å². The molecule has 0 saturated heterocycles. The van der Waals surface area contributed by atoms with E-state index in [1.54, 1.807) is 0 Å². The molecule has 2 nitrogen and oxygen atoms in total. The molecule has 0 aromatic heterocycles. The van der Waals surface area contributed by atoms with E-state index in [4.69, 9.17) is 5.73 Å². The van der Waals surface area contributed by atoms with Crippen LogP contribution in [0.4, 0.5) is 0 Å². The van der Waals surface area contributed by atoms with E-state index < -0.39 is 0 Å². The normalized spacial score (nSPS) is 32.1. The van der Waals surface area contributed by atoms with Crippen LogP contribution in [-0.2, 0) is 0 Å². The van der Waals surface area contributed by atoms with Crippen LogP contribution < -0.4 is 11.1 Å². The predicted octanol–water partition coefficient (Wildman–Crippen LogP) is 2.67. The Hall–Kier alpha value is -0.0800. The quantitative estimate of drug-likeness (QED) is 0.753. The maximum absolute atomic E-state index is 5.85. The topological polar surface area (TPSA) is 38.0 Å². The summed E-state index contributed by atoms with van der Waals surface area (Å²) >= 11 is 0. The summed E-state index contributed by atoms with van der Waals surface area (Å²) < 4.78 is 0. The molecule has 0 spiro atoms. The monoisotopic (exact) mass is 224 g/mol. The zero-order valence-corrected chi connectivity index (χ0v) is 10.6. The van der Waals surface area contributed by atoms with E-state index in [1.807, 2.05) is 0 Å². The molecular weight excluding hydrogens is 196 g/mol. The van der Waals surface area contributed by atoms with Gasteiger partial charge < -0.3 is 11.1 Å². The predicted molar refractivity (Wildman–Crippen MR) is 69.4 cm³/mol. The van der Waals surface area contributed by atoms with Gasteiger partial charge in [-0.25, -0.2) is 0 Å². The van der Waals surface area contributed by atoms with Gasteiger partial charge in [-0.15, -0.1) is 0 Å². The van der Waals surface area contributed by atoms with Crippen molar-refractivity contribution >= 4 is 0 Å². The second-order valence-corrected chi connectivity index (χ2v) is 5.78. The Morgan fingerprint density at radius 3 is 2.38 bits per heavy atom. The maximum Gasteiger partial charge on any atom is 0.0107 e. The number of nitrogens with one attached hydrogen (secondary N) is 1. The lowest BCUT2D eigenvalue weighted by molar-refractivity contribution is 0.263. The number of hydrogen-bond acceptors (Lipinski definition) is 2. The van der Waals surface area contributed by atoms with Crippen LogP contribution in [-0.4, -0.2) is 19.1 Å². The van der Waals surface area contributed by atoms with Gasteiger partial charge in [-0.2, -0.15) is 0 Å². The fourth-order valence-electron chi connectivity index (χ4n) is 3.53. The lowest BCUT2D eigenvalue weighted by Crippen LogP contribution is -2.42. The molecule has 0 bridgehead atoms. The standard InChI is InChI=1S/C14H28N2/c15-11-13-7-3-4-8-14(13)16-10-9-12-5-1-2-6-12/h12-14,16H,1-11,15H2. The van der Waals surface area contributed by atoms with Gasteiger partial charge in [0.25, 0.3) is 0 Å². The second kappa shape index (κ2) is 6.61. The van der Waals surface area contributed by atoms with Crippen LogP contribution in [0.3, 0.4) is 0 Å². The molecular formula is C14H28N2. The average molecular weight is 224 g/mol. The lowest BCUT2D eigenvalue weighted by atomic mass is 9.84. The Labute approximate surface area is 100 Å². The summed E-state index contributed by atoms with van der Waals surface area (Å²) in [5, 5.41) is 3.77. The third-order valence-electron chi connectivity index (χ3n) is 4.65. The largest absolute Gasteiger partial charge is 0.330 e. The highest BCUT2D eigenvalue weighted by Crippen LogP contribution is 2.28. The molecule has 2 heteroatoms. The molecule has 2 atom stereocenters. The van der Waals surface area contributed by atoms with Crippen LogP contribution in [0.2, 0.25) is 0 Å². The third-order valence-corrected chi connectivity index (χ3v) is 4.65. The minimum Gasteiger partial charge on any atom is -0.330 e. The molecule has 0 aromatic rings. The molecule has 94 valence electrons. The van der Waals surface area contributed by atoms with Crippen molar-refractivity contribution in [3.8, 4) is 0 Å². The van der Waals surface area contributed by atoms with Gasteiger partial charge >= 0.3 is 0 Å². The minimum absolute atomic E-state index is 0.722. The first-order valence-corrected chi connectivity index (χ1v) is 7.33. The highest BCUT2D eigenvalue weighted by molar-refractivity contribution is 4.82. The summed E-state index contributed by atoms with van der Waals surface area (Å²) in [5.74, 6) is 1.77. The summed E-state index contributed by atoms with van der Waals surface area (Å²) in [6.07, 6.45) is 12.8. The molecule has 3 N–H and O–H groups in total. The molecule has 0 heterocycles. The van der Waals surface area contributed by atoms with Crippen LogP contribution >= 0.6 is 0 Å². The van der Waals surface area contributed by atoms with Crippen molar-refractivity contribution in [2.24, 2.45) is 17.6 Å². The molecule has 16 heavy (non-hydrogen) atoms. The SMILES string of the molecule is NCC1CCCCC1NCCC1CCCC1. The van der Waals surface area contributed by atoms with E-state index in [9.17, 15) is 0 Å². The summed E-state index contributed by atoms with van der Waals surface area (Å²) in [6.45, 7) is 2.10. The van der Waals surface area contributed by atoms with Crippen LogP contribution in [0.1, 0.15) is 57.8 Å².